The Labute approximate surface area is 121 Å². The molecule has 3 heterocycles. The maximum absolute atomic E-state index is 6.25. The Morgan fingerprint density at radius 3 is 3.25 bits per heavy atom. The first-order valence-electron chi connectivity index (χ1n) is 6.79. The van der Waals surface area contributed by atoms with Gasteiger partial charge in [-0.2, -0.15) is 5.10 Å². The number of thiophene rings is 1. The van der Waals surface area contributed by atoms with Gasteiger partial charge in [-0.25, -0.2) is 0 Å². The number of H-pyrrole nitrogens is 1. The average molecular weight is 284 g/mol. The summed E-state index contributed by atoms with van der Waals surface area (Å²) in [5, 5.41) is 10.4. The lowest BCUT2D eigenvalue weighted by molar-refractivity contribution is 0.634. The van der Waals surface area contributed by atoms with Crippen molar-refractivity contribution >= 4 is 33.6 Å². The Balaban J connectivity index is 1.81. The Bertz CT molecular complexity index is 773. The van der Waals surface area contributed by atoms with Crippen LogP contribution in [-0.2, 0) is 6.42 Å². The quantitative estimate of drug-likeness (QED) is 0.674. The van der Waals surface area contributed by atoms with Crippen LogP contribution in [0.4, 0.5) is 11.4 Å². The van der Waals surface area contributed by atoms with Crippen LogP contribution in [0.25, 0.3) is 10.9 Å². The molecule has 2 aromatic heterocycles. The van der Waals surface area contributed by atoms with E-state index in [1.165, 1.54) is 10.4 Å². The van der Waals surface area contributed by atoms with Crippen molar-refractivity contribution in [1.29, 1.82) is 0 Å². The molecule has 3 N–H and O–H groups in total. The molecule has 1 aliphatic rings. The number of anilines is 2. The normalized spacial score (nSPS) is 18.4. The second kappa shape index (κ2) is 4.24. The molecule has 0 spiro atoms. The summed E-state index contributed by atoms with van der Waals surface area (Å²) in [7, 11) is 0. The van der Waals surface area contributed by atoms with Crippen molar-refractivity contribution in [1.82, 2.24) is 10.2 Å². The molecule has 1 unspecified atom stereocenters. The van der Waals surface area contributed by atoms with Crippen LogP contribution in [0.5, 0.6) is 0 Å². The Hall–Kier alpha value is -2.01. The number of fused-ring (bicyclic) bond motifs is 2. The molecule has 102 valence electrons. The van der Waals surface area contributed by atoms with Crippen LogP contribution in [0.2, 0.25) is 0 Å². The van der Waals surface area contributed by atoms with Crippen molar-refractivity contribution in [3.63, 3.8) is 0 Å². The van der Waals surface area contributed by atoms with Crippen molar-refractivity contribution < 1.29 is 0 Å². The summed E-state index contributed by atoms with van der Waals surface area (Å²) in [6.07, 6.45) is 2.91. The highest BCUT2D eigenvalue weighted by molar-refractivity contribution is 7.10. The lowest BCUT2D eigenvalue weighted by Crippen LogP contribution is -2.33. The van der Waals surface area contributed by atoms with Gasteiger partial charge < -0.3 is 10.6 Å². The second-order valence-corrected chi connectivity index (χ2v) is 6.29. The molecule has 4 nitrogen and oxygen atoms in total. The van der Waals surface area contributed by atoms with Crippen molar-refractivity contribution in [2.45, 2.75) is 19.4 Å². The van der Waals surface area contributed by atoms with Gasteiger partial charge in [0.05, 0.1) is 29.1 Å². The predicted molar refractivity (Wildman–Crippen MR) is 84.3 cm³/mol. The van der Waals surface area contributed by atoms with Gasteiger partial charge in [0.15, 0.2) is 0 Å². The fourth-order valence-corrected chi connectivity index (χ4v) is 4.05. The Morgan fingerprint density at radius 1 is 1.45 bits per heavy atom. The van der Waals surface area contributed by atoms with Crippen molar-refractivity contribution in [3.8, 4) is 0 Å². The highest BCUT2D eigenvalue weighted by Crippen LogP contribution is 2.39. The number of hydrogen-bond acceptors (Lipinski definition) is 4. The molecule has 0 amide bonds. The molecule has 0 fully saturated rings. The number of aromatic nitrogens is 2. The zero-order valence-electron chi connectivity index (χ0n) is 11.3. The van der Waals surface area contributed by atoms with E-state index in [1.54, 1.807) is 0 Å². The van der Waals surface area contributed by atoms with E-state index >= 15 is 0 Å². The number of nitrogen functional groups attached to an aromatic ring is 1. The van der Waals surface area contributed by atoms with Crippen LogP contribution in [0, 0.1) is 0 Å². The largest absolute Gasteiger partial charge is 0.397 e. The van der Waals surface area contributed by atoms with E-state index in [0.29, 0.717) is 6.04 Å². The molecule has 4 rings (SSSR count). The monoisotopic (exact) mass is 284 g/mol. The molecule has 0 saturated carbocycles. The molecule has 20 heavy (non-hydrogen) atoms. The number of rotatable bonds is 1. The third-order valence-corrected chi connectivity index (χ3v) is 5.17. The van der Waals surface area contributed by atoms with E-state index in [9.17, 15) is 0 Å². The topological polar surface area (TPSA) is 57.9 Å². The Kier molecular flexibility index (Phi) is 2.50. The summed E-state index contributed by atoms with van der Waals surface area (Å²) in [5.41, 5.74) is 10.7. The smallest absolute Gasteiger partial charge is 0.0672 e. The molecule has 3 aromatic rings. The molecule has 1 atom stereocenters. The highest BCUT2D eigenvalue weighted by Gasteiger charge is 2.26. The first-order valence-corrected chi connectivity index (χ1v) is 7.67. The zero-order chi connectivity index (χ0) is 13.7. The second-order valence-electron chi connectivity index (χ2n) is 5.29. The van der Waals surface area contributed by atoms with Gasteiger partial charge in [-0.1, -0.05) is 0 Å². The molecular formula is C15H16N4S. The van der Waals surface area contributed by atoms with E-state index in [0.717, 1.165) is 35.2 Å². The highest BCUT2D eigenvalue weighted by atomic mass is 32.1. The zero-order valence-corrected chi connectivity index (χ0v) is 12.1. The molecule has 0 radical (unpaired) electrons. The minimum absolute atomic E-state index is 0.368. The van der Waals surface area contributed by atoms with E-state index in [4.69, 9.17) is 5.73 Å². The standard InChI is InChI=1S/C15H16N4S/c1-9-11-3-5-20-15(11)2-4-19(9)14-7-13-10(6-12(14)16)8-17-18-13/h3,5-9H,2,4,16H2,1H3,(H,17,18). The van der Waals surface area contributed by atoms with Gasteiger partial charge >= 0.3 is 0 Å². The third kappa shape index (κ3) is 1.63. The fourth-order valence-electron chi connectivity index (χ4n) is 3.08. The summed E-state index contributed by atoms with van der Waals surface area (Å²) < 4.78 is 0. The van der Waals surface area contributed by atoms with E-state index < -0.39 is 0 Å². The maximum Gasteiger partial charge on any atom is 0.0672 e. The van der Waals surface area contributed by atoms with E-state index in [1.807, 2.05) is 23.6 Å². The lowest BCUT2D eigenvalue weighted by Gasteiger charge is -2.36. The van der Waals surface area contributed by atoms with Gasteiger partial charge in [-0.3, -0.25) is 5.10 Å². The number of benzene rings is 1. The van der Waals surface area contributed by atoms with Crippen LogP contribution < -0.4 is 10.6 Å². The van der Waals surface area contributed by atoms with Crippen LogP contribution in [-0.4, -0.2) is 16.7 Å². The van der Waals surface area contributed by atoms with E-state index in [2.05, 4.69) is 39.5 Å². The van der Waals surface area contributed by atoms with Crippen LogP contribution in [0.1, 0.15) is 23.4 Å². The van der Waals surface area contributed by atoms with Gasteiger partial charge in [0, 0.05) is 16.8 Å². The summed E-state index contributed by atoms with van der Waals surface area (Å²) >= 11 is 1.86. The van der Waals surface area contributed by atoms with Gasteiger partial charge in [0.25, 0.3) is 0 Å². The average Bonchev–Trinajstić information content (AvgIpc) is 3.06. The summed E-state index contributed by atoms with van der Waals surface area (Å²) in [6.45, 7) is 3.26. The van der Waals surface area contributed by atoms with Gasteiger partial charge in [-0.15, -0.1) is 11.3 Å². The molecular weight excluding hydrogens is 268 g/mol. The van der Waals surface area contributed by atoms with Crippen LogP contribution in [0.3, 0.4) is 0 Å². The number of nitrogens with zero attached hydrogens (tertiary/aromatic N) is 2. The predicted octanol–water partition coefficient (Wildman–Crippen LogP) is 3.33. The van der Waals surface area contributed by atoms with Crippen LogP contribution >= 0.6 is 11.3 Å². The summed E-state index contributed by atoms with van der Waals surface area (Å²) in [4.78, 5) is 3.90. The van der Waals surface area contributed by atoms with Gasteiger partial charge in [0.1, 0.15) is 0 Å². The van der Waals surface area contributed by atoms with Crippen LogP contribution in [0.15, 0.2) is 29.8 Å². The molecule has 5 heteroatoms. The summed E-state index contributed by atoms with van der Waals surface area (Å²) in [5.74, 6) is 0. The first-order chi connectivity index (χ1) is 9.74. The lowest BCUT2D eigenvalue weighted by atomic mass is 10.00. The Morgan fingerprint density at radius 2 is 2.35 bits per heavy atom. The molecule has 1 aromatic carbocycles. The SMILES string of the molecule is CC1c2ccsc2CCN1c1cc2[nH]ncc2cc1N. The maximum atomic E-state index is 6.25. The fraction of sp³-hybridized carbons (Fsp3) is 0.267. The van der Waals surface area contributed by atoms with Crippen molar-refractivity contribution in [2.75, 3.05) is 17.2 Å². The molecule has 1 aliphatic heterocycles. The van der Waals surface area contributed by atoms with Crippen molar-refractivity contribution in [3.05, 3.63) is 40.2 Å². The van der Waals surface area contributed by atoms with E-state index in [-0.39, 0.29) is 0 Å². The first kappa shape index (κ1) is 11.8. The minimum atomic E-state index is 0.368. The molecule has 0 aliphatic carbocycles. The summed E-state index contributed by atoms with van der Waals surface area (Å²) in [6, 6.07) is 6.73. The minimum Gasteiger partial charge on any atom is -0.397 e. The van der Waals surface area contributed by atoms with Gasteiger partial charge in [0.2, 0.25) is 0 Å². The number of nitrogens with two attached hydrogens (primary N) is 1. The third-order valence-electron chi connectivity index (χ3n) is 4.17. The van der Waals surface area contributed by atoms with Crippen molar-refractivity contribution in [2.24, 2.45) is 0 Å². The van der Waals surface area contributed by atoms with Gasteiger partial charge in [-0.05, 0) is 42.5 Å². The number of aromatic amines is 1. The molecule has 0 bridgehead atoms. The number of hydrogen-bond donors (Lipinski definition) is 2. The molecule has 0 saturated heterocycles. The number of nitrogens with one attached hydrogen (secondary N) is 1.